The number of carbonyl (C=O) groups excluding carboxylic acids is 2. The van der Waals surface area contributed by atoms with E-state index in [4.69, 9.17) is 21.1 Å². The van der Waals surface area contributed by atoms with Gasteiger partial charge in [-0.15, -0.1) is 0 Å². The maximum absolute atomic E-state index is 13.0. The Labute approximate surface area is 230 Å². The van der Waals surface area contributed by atoms with E-state index in [1.807, 2.05) is 25.1 Å². The van der Waals surface area contributed by atoms with Crippen molar-refractivity contribution in [3.05, 3.63) is 102 Å². The van der Waals surface area contributed by atoms with Gasteiger partial charge in [0.25, 0.3) is 16.8 Å². The van der Waals surface area contributed by atoms with E-state index in [9.17, 15) is 19.7 Å². The Morgan fingerprint density at radius 2 is 1.89 bits per heavy atom. The molecule has 1 heterocycles. The normalized spacial score (nSPS) is 14.4. The first-order valence-corrected chi connectivity index (χ1v) is 13.1. The van der Waals surface area contributed by atoms with Crippen molar-refractivity contribution in [1.29, 1.82) is 0 Å². The number of rotatable bonds is 9. The van der Waals surface area contributed by atoms with Crippen molar-refractivity contribution in [3.8, 4) is 11.5 Å². The second-order valence-electron chi connectivity index (χ2n) is 7.84. The maximum Gasteiger partial charge on any atom is 0.293 e. The summed E-state index contributed by atoms with van der Waals surface area (Å²) >= 11 is 10.6. The van der Waals surface area contributed by atoms with Crippen molar-refractivity contribution in [1.82, 2.24) is 4.90 Å². The number of ether oxygens (including phenoxy) is 2. The minimum absolute atomic E-state index is 0.0631. The molecule has 3 aromatic carbocycles. The van der Waals surface area contributed by atoms with Crippen LogP contribution in [-0.2, 0) is 17.9 Å². The van der Waals surface area contributed by atoms with Gasteiger partial charge in [-0.25, -0.2) is 0 Å². The fraction of sp³-hybridized carbons (Fsp3) is 0.154. The largest absolute Gasteiger partial charge is 0.490 e. The maximum atomic E-state index is 13.0. The number of non-ortho nitro benzene ring substituents is 1. The molecule has 2 amide bonds. The van der Waals surface area contributed by atoms with E-state index in [-0.39, 0.29) is 23.7 Å². The zero-order valence-electron chi connectivity index (χ0n) is 19.5. The fourth-order valence-corrected chi connectivity index (χ4v) is 5.18. The molecular weight excluding hydrogens is 584 g/mol. The first kappa shape index (κ1) is 26.7. The minimum Gasteiger partial charge on any atom is -0.490 e. The molecule has 37 heavy (non-hydrogen) atoms. The lowest BCUT2D eigenvalue weighted by Gasteiger charge is -2.15. The van der Waals surface area contributed by atoms with Crippen LogP contribution < -0.4 is 9.47 Å². The number of amides is 2. The number of nitrogens with zero attached hydrogens (tertiary/aromatic N) is 2. The summed E-state index contributed by atoms with van der Waals surface area (Å²) in [4.78, 5) is 37.4. The zero-order valence-corrected chi connectivity index (χ0v) is 22.6. The van der Waals surface area contributed by atoms with E-state index < -0.39 is 16.1 Å². The molecule has 0 atom stereocenters. The Kier molecular flexibility index (Phi) is 8.52. The number of carbonyl (C=O) groups is 2. The van der Waals surface area contributed by atoms with Gasteiger partial charge in [-0.05, 0) is 70.0 Å². The van der Waals surface area contributed by atoms with Crippen LogP contribution in [-0.4, -0.2) is 27.6 Å². The summed E-state index contributed by atoms with van der Waals surface area (Å²) in [6.45, 7) is 2.40. The lowest BCUT2D eigenvalue weighted by Crippen LogP contribution is -2.27. The molecule has 1 aliphatic heterocycles. The first-order valence-electron chi connectivity index (χ1n) is 11.1. The molecule has 8 nitrogen and oxygen atoms in total. The number of thioether (sulfide) groups is 1. The molecule has 0 aliphatic carbocycles. The monoisotopic (exact) mass is 602 g/mol. The van der Waals surface area contributed by atoms with Gasteiger partial charge in [0, 0.05) is 22.7 Å². The zero-order chi connectivity index (χ0) is 26.5. The van der Waals surface area contributed by atoms with E-state index in [1.165, 1.54) is 18.2 Å². The number of hydrogen-bond donors (Lipinski definition) is 0. The Hall–Kier alpha value is -3.34. The first-order chi connectivity index (χ1) is 17.8. The van der Waals surface area contributed by atoms with Crippen LogP contribution in [0.4, 0.5) is 10.5 Å². The molecule has 1 fully saturated rings. The number of imide groups is 1. The third kappa shape index (κ3) is 6.33. The molecule has 0 saturated carbocycles. The number of nitro benzene ring substituents is 1. The van der Waals surface area contributed by atoms with Gasteiger partial charge in [0.1, 0.15) is 6.61 Å². The summed E-state index contributed by atoms with van der Waals surface area (Å²) in [5.41, 5.74) is 1.82. The van der Waals surface area contributed by atoms with Gasteiger partial charge < -0.3 is 9.47 Å². The van der Waals surface area contributed by atoms with Crippen LogP contribution in [0.25, 0.3) is 6.08 Å². The molecular formula is C26H20BrClN2O6S. The van der Waals surface area contributed by atoms with E-state index >= 15 is 0 Å². The van der Waals surface area contributed by atoms with Crippen LogP contribution in [0.3, 0.4) is 0 Å². The van der Waals surface area contributed by atoms with E-state index in [0.29, 0.717) is 38.7 Å². The lowest BCUT2D eigenvalue weighted by atomic mass is 10.1. The number of halogens is 2. The highest BCUT2D eigenvalue weighted by Crippen LogP contribution is 2.40. The molecule has 11 heteroatoms. The van der Waals surface area contributed by atoms with Crippen molar-refractivity contribution >= 4 is 62.2 Å². The van der Waals surface area contributed by atoms with Crippen molar-refractivity contribution in [3.63, 3.8) is 0 Å². The van der Waals surface area contributed by atoms with Crippen LogP contribution >= 0.6 is 39.3 Å². The van der Waals surface area contributed by atoms with E-state index in [2.05, 4.69) is 15.9 Å². The van der Waals surface area contributed by atoms with Gasteiger partial charge in [-0.2, -0.15) is 0 Å². The van der Waals surface area contributed by atoms with Crippen molar-refractivity contribution < 1.29 is 24.0 Å². The third-order valence-corrected chi connectivity index (χ3v) is 7.16. The molecule has 0 aromatic heterocycles. The van der Waals surface area contributed by atoms with Crippen LogP contribution in [0.15, 0.2) is 70.0 Å². The molecule has 0 unspecified atom stereocenters. The average Bonchev–Trinajstić information content (AvgIpc) is 3.12. The Bertz CT molecular complexity index is 1410. The number of nitro groups is 1. The Morgan fingerprint density at radius 1 is 1.11 bits per heavy atom. The summed E-state index contributed by atoms with van der Waals surface area (Å²) < 4.78 is 12.4. The molecule has 0 bridgehead atoms. The predicted octanol–water partition coefficient (Wildman–Crippen LogP) is 7.22. The Morgan fingerprint density at radius 3 is 2.62 bits per heavy atom. The quantitative estimate of drug-likeness (QED) is 0.145. The van der Waals surface area contributed by atoms with Gasteiger partial charge in [0.15, 0.2) is 11.5 Å². The molecule has 0 N–H and O–H groups in total. The summed E-state index contributed by atoms with van der Waals surface area (Å²) in [6, 6.07) is 16.7. The van der Waals surface area contributed by atoms with Crippen LogP contribution in [0, 0.1) is 10.1 Å². The van der Waals surface area contributed by atoms with Gasteiger partial charge in [-0.1, -0.05) is 41.9 Å². The van der Waals surface area contributed by atoms with Gasteiger partial charge in [0.05, 0.1) is 27.5 Å². The van der Waals surface area contributed by atoms with Crippen LogP contribution in [0.1, 0.15) is 23.6 Å². The summed E-state index contributed by atoms with van der Waals surface area (Å²) in [6.07, 6.45) is 1.60. The van der Waals surface area contributed by atoms with Gasteiger partial charge in [0.2, 0.25) is 0 Å². The summed E-state index contributed by atoms with van der Waals surface area (Å²) in [5.74, 6) is 0.471. The van der Waals surface area contributed by atoms with Crippen molar-refractivity contribution in [2.24, 2.45) is 0 Å². The average molecular weight is 604 g/mol. The SMILES string of the molecule is CCOc1cc(C=C2SC(=O)N(Cc3cccc([N+](=O)[O-])c3)C2=O)cc(Br)c1OCc1ccccc1Cl. The van der Waals surface area contributed by atoms with E-state index in [1.54, 1.807) is 30.3 Å². The molecule has 0 spiro atoms. The second kappa shape index (κ2) is 11.8. The molecule has 0 radical (unpaired) electrons. The number of benzene rings is 3. The van der Waals surface area contributed by atoms with Crippen LogP contribution in [0.5, 0.6) is 11.5 Å². The topological polar surface area (TPSA) is 99.0 Å². The van der Waals surface area contributed by atoms with Crippen LogP contribution in [0.2, 0.25) is 5.02 Å². The standard InChI is InChI=1S/C26H20BrClN2O6S/c1-2-35-22-12-17(11-20(27)24(22)36-15-18-7-3-4-9-21(18)28)13-23-25(31)29(26(32)37-23)14-16-6-5-8-19(10-16)30(33)34/h3-13H,2,14-15H2,1H3. The number of hydrogen-bond acceptors (Lipinski definition) is 7. The molecule has 4 rings (SSSR count). The summed E-state index contributed by atoms with van der Waals surface area (Å²) in [7, 11) is 0. The second-order valence-corrected chi connectivity index (χ2v) is 10.1. The van der Waals surface area contributed by atoms with Gasteiger partial charge >= 0.3 is 0 Å². The fourth-order valence-electron chi connectivity index (χ4n) is 3.58. The highest BCUT2D eigenvalue weighted by molar-refractivity contribution is 9.10. The van der Waals surface area contributed by atoms with Crippen molar-refractivity contribution in [2.45, 2.75) is 20.1 Å². The highest BCUT2D eigenvalue weighted by atomic mass is 79.9. The predicted molar refractivity (Wildman–Crippen MR) is 146 cm³/mol. The Balaban J connectivity index is 1.56. The lowest BCUT2D eigenvalue weighted by molar-refractivity contribution is -0.384. The highest BCUT2D eigenvalue weighted by Gasteiger charge is 2.35. The molecule has 1 aliphatic rings. The molecule has 190 valence electrons. The summed E-state index contributed by atoms with van der Waals surface area (Å²) in [5, 5.41) is 11.2. The third-order valence-electron chi connectivity index (χ3n) is 5.29. The van der Waals surface area contributed by atoms with Gasteiger partial charge in [-0.3, -0.25) is 24.6 Å². The molecule has 3 aromatic rings. The molecule has 1 saturated heterocycles. The minimum atomic E-state index is -0.521. The van der Waals surface area contributed by atoms with E-state index in [0.717, 1.165) is 22.2 Å². The van der Waals surface area contributed by atoms with Crippen molar-refractivity contribution in [2.75, 3.05) is 6.61 Å². The smallest absolute Gasteiger partial charge is 0.293 e.